The van der Waals surface area contributed by atoms with E-state index in [1.165, 1.54) is 0 Å². The monoisotopic (exact) mass is 180 g/mol. The highest BCUT2D eigenvalue weighted by molar-refractivity contribution is 6.31. The van der Waals surface area contributed by atoms with E-state index in [4.69, 9.17) is 11.6 Å². The largest absolute Gasteiger partial charge is 0.246 e. The Balaban J connectivity index is 3.24. The Morgan fingerprint density at radius 3 is 2.45 bits per heavy atom. The Morgan fingerprint density at radius 1 is 1.27 bits per heavy atom. The highest BCUT2D eigenvalue weighted by Gasteiger charge is 2.07. The predicted molar refractivity (Wildman–Crippen MR) is 36.2 cm³/mol. The summed E-state index contributed by atoms with van der Waals surface area (Å²) in [5.74, 6) is -1.75. The molecule has 1 aromatic rings. The van der Waals surface area contributed by atoms with E-state index in [2.05, 4.69) is 0 Å². The summed E-state index contributed by atoms with van der Waals surface area (Å²) in [6.45, 7) is -0.965. The molecule has 0 saturated heterocycles. The van der Waals surface area contributed by atoms with Crippen molar-refractivity contribution in [3.63, 3.8) is 0 Å². The van der Waals surface area contributed by atoms with Crippen molar-refractivity contribution >= 4 is 11.6 Å². The second kappa shape index (κ2) is 3.13. The van der Waals surface area contributed by atoms with Gasteiger partial charge in [0, 0.05) is 11.6 Å². The van der Waals surface area contributed by atoms with Gasteiger partial charge in [-0.25, -0.2) is 13.2 Å². The molecule has 60 valence electrons. The third-order valence-corrected chi connectivity index (χ3v) is 1.64. The number of halogens is 4. The normalized spacial score (nSPS) is 10.2. The molecule has 0 bridgehead atoms. The molecular formula is C7H4ClF3. The third-order valence-electron chi connectivity index (χ3n) is 1.21. The molecule has 0 aliphatic rings. The molecule has 0 fully saturated rings. The van der Waals surface area contributed by atoms with Gasteiger partial charge in [0.2, 0.25) is 0 Å². The second-order valence-electron chi connectivity index (χ2n) is 1.99. The fraction of sp³-hybridized carbons (Fsp3) is 0.143. The van der Waals surface area contributed by atoms with Crippen molar-refractivity contribution in [3.8, 4) is 0 Å². The topological polar surface area (TPSA) is 0 Å². The van der Waals surface area contributed by atoms with E-state index < -0.39 is 18.3 Å². The summed E-state index contributed by atoms with van der Waals surface area (Å²) in [6.07, 6.45) is 0. The van der Waals surface area contributed by atoms with Gasteiger partial charge in [0.05, 0.1) is 5.02 Å². The minimum atomic E-state index is -0.965. The number of benzene rings is 1. The standard InChI is InChI=1S/C7H4ClF3/c8-7-4(3-9)1-5(10)2-6(7)11/h1-2H,3H2. The van der Waals surface area contributed by atoms with Crippen LogP contribution in [0.15, 0.2) is 12.1 Å². The van der Waals surface area contributed by atoms with Crippen LogP contribution < -0.4 is 0 Å². The molecule has 11 heavy (non-hydrogen) atoms. The maximum absolute atomic E-state index is 12.5. The van der Waals surface area contributed by atoms with Crippen LogP contribution in [0.5, 0.6) is 0 Å². The molecule has 0 amide bonds. The van der Waals surface area contributed by atoms with Crippen molar-refractivity contribution in [2.24, 2.45) is 0 Å². The van der Waals surface area contributed by atoms with Gasteiger partial charge in [0.15, 0.2) is 0 Å². The quantitative estimate of drug-likeness (QED) is 0.583. The Bertz CT molecular complexity index is 273. The summed E-state index contributed by atoms with van der Waals surface area (Å²) in [5.41, 5.74) is -0.163. The summed E-state index contributed by atoms with van der Waals surface area (Å²) in [6, 6.07) is 1.48. The smallest absolute Gasteiger partial charge is 0.145 e. The van der Waals surface area contributed by atoms with E-state index >= 15 is 0 Å². The fourth-order valence-electron chi connectivity index (χ4n) is 0.707. The molecule has 0 N–H and O–H groups in total. The second-order valence-corrected chi connectivity index (χ2v) is 2.37. The van der Waals surface area contributed by atoms with Crippen LogP contribution in [0.1, 0.15) is 5.56 Å². The van der Waals surface area contributed by atoms with Crippen molar-refractivity contribution in [3.05, 3.63) is 34.4 Å². The first-order chi connectivity index (χ1) is 5.15. The van der Waals surface area contributed by atoms with Crippen molar-refractivity contribution in [1.82, 2.24) is 0 Å². The maximum atomic E-state index is 12.5. The van der Waals surface area contributed by atoms with Crippen molar-refractivity contribution in [2.75, 3.05) is 0 Å². The third kappa shape index (κ3) is 1.66. The first kappa shape index (κ1) is 8.40. The lowest BCUT2D eigenvalue weighted by Crippen LogP contribution is -1.88. The molecule has 1 rings (SSSR count). The van der Waals surface area contributed by atoms with Crippen molar-refractivity contribution < 1.29 is 13.2 Å². The zero-order chi connectivity index (χ0) is 8.43. The van der Waals surface area contributed by atoms with Crippen molar-refractivity contribution in [1.29, 1.82) is 0 Å². The van der Waals surface area contributed by atoms with Gasteiger partial charge in [-0.1, -0.05) is 11.6 Å². The lowest BCUT2D eigenvalue weighted by atomic mass is 10.2. The molecule has 4 heteroatoms. The van der Waals surface area contributed by atoms with Crippen LogP contribution in [0.4, 0.5) is 13.2 Å². The number of alkyl halides is 1. The van der Waals surface area contributed by atoms with E-state index in [1.54, 1.807) is 0 Å². The van der Waals surface area contributed by atoms with Crippen LogP contribution in [0.25, 0.3) is 0 Å². The van der Waals surface area contributed by atoms with E-state index in [0.29, 0.717) is 6.07 Å². The van der Waals surface area contributed by atoms with Gasteiger partial charge >= 0.3 is 0 Å². The summed E-state index contributed by atoms with van der Waals surface area (Å²) in [4.78, 5) is 0. The fourth-order valence-corrected chi connectivity index (χ4v) is 0.866. The zero-order valence-electron chi connectivity index (χ0n) is 5.37. The van der Waals surface area contributed by atoms with E-state index in [-0.39, 0.29) is 10.6 Å². The lowest BCUT2D eigenvalue weighted by molar-refractivity contribution is 0.478. The lowest BCUT2D eigenvalue weighted by Gasteiger charge is -1.99. The number of rotatable bonds is 1. The minimum absolute atomic E-state index is 0.163. The average Bonchev–Trinajstić information content (AvgIpc) is 1.96. The Kier molecular flexibility index (Phi) is 2.39. The average molecular weight is 181 g/mol. The molecule has 0 spiro atoms. The van der Waals surface area contributed by atoms with Crippen LogP contribution in [-0.4, -0.2) is 0 Å². The zero-order valence-corrected chi connectivity index (χ0v) is 6.13. The summed E-state index contributed by atoms with van der Waals surface area (Å²) in [7, 11) is 0. The van der Waals surface area contributed by atoms with Gasteiger partial charge in [-0.3, -0.25) is 0 Å². The number of hydrogen-bond acceptors (Lipinski definition) is 0. The Labute approximate surface area is 66.6 Å². The summed E-state index contributed by atoms with van der Waals surface area (Å²) < 4.78 is 36.7. The predicted octanol–water partition coefficient (Wildman–Crippen LogP) is 3.09. The summed E-state index contributed by atoms with van der Waals surface area (Å²) >= 11 is 5.28. The molecule has 0 aromatic heterocycles. The first-order valence-corrected chi connectivity index (χ1v) is 3.22. The van der Waals surface area contributed by atoms with Gasteiger partial charge in [0.1, 0.15) is 18.3 Å². The highest BCUT2D eigenvalue weighted by Crippen LogP contribution is 2.21. The maximum Gasteiger partial charge on any atom is 0.145 e. The molecule has 0 radical (unpaired) electrons. The molecule has 0 aliphatic carbocycles. The van der Waals surface area contributed by atoms with Crippen LogP contribution in [-0.2, 0) is 6.67 Å². The molecule has 0 saturated carbocycles. The summed E-state index contributed by atoms with van der Waals surface area (Å²) in [5, 5.41) is -0.353. The Hall–Kier alpha value is -0.700. The minimum Gasteiger partial charge on any atom is -0.246 e. The van der Waals surface area contributed by atoms with Crippen LogP contribution in [0, 0.1) is 11.6 Å². The van der Waals surface area contributed by atoms with Crippen molar-refractivity contribution in [2.45, 2.75) is 6.67 Å². The molecule has 1 aromatic carbocycles. The molecule has 0 heterocycles. The molecule has 0 atom stereocenters. The van der Waals surface area contributed by atoms with Crippen LogP contribution in [0.2, 0.25) is 5.02 Å². The SMILES string of the molecule is FCc1cc(F)cc(F)c1Cl. The molecule has 0 aliphatic heterocycles. The van der Waals surface area contributed by atoms with E-state index in [1.807, 2.05) is 0 Å². The van der Waals surface area contributed by atoms with Crippen LogP contribution >= 0.6 is 11.6 Å². The van der Waals surface area contributed by atoms with Gasteiger partial charge in [-0.15, -0.1) is 0 Å². The molecular weight excluding hydrogens is 177 g/mol. The highest BCUT2D eigenvalue weighted by atomic mass is 35.5. The first-order valence-electron chi connectivity index (χ1n) is 2.84. The van der Waals surface area contributed by atoms with E-state index in [9.17, 15) is 13.2 Å². The van der Waals surface area contributed by atoms with E-state index in [0.717, 1.165) is 6.07 Å². The Morgan fingerprint density at radius 2 is 1.91 bits per heavy atom. The van der Waals surface area contributed by atoms with Gasteiger partial charge in [0.25, 0.3) is 0 Å². The molecule has 0 nitrogen and oxygen atoms in total. The van der Waals surface area contributed by atoms with Crippen LogP contribution in [0.3, 0.4) is 0 Å². The number of hydrogen-bond donors (Lipinski definition) is 0. The van der Waals surface area contributed by atoms with Gasteiger partial charge in [-0.05, 0) is 6.07 Å². The molecule has 0 unspecified atom stereocenters. The van der Waals surface area contributed by atoms with Gasteiger partial charge < -0.3 is 0 Å². The van der Waals surface area contributed by atoms with Gasteiger partial charge in [-0.2, -0.15) is 0 Å².